The second-order valence-corrected chi connectivity index (χ2v) is 5.34. The topological polar surface area (TPSA) is 85.4 Å². The maximum absolute atomic E-state index is 11.8. The minimum atomic E-state index is -3.75. The van der Waals surface area contributed by atoms with Crippen LogP contribution in [0.5, 0.6) is 0 Å². The Labute approximate surface area is 110 Å². The number of rotatable bonds is 6. The summed E-state index contributed by atoms with van der Waals surface area (Å²) in [5.74, 6) is -0.461. The monoisotopic (exact) mass is 292 g/mol. The van der Waals surface area contributed by atoms with E-state index in [2.05, 4.69) is 14.4 Å². The first-order valence-electron chi connectivity index (χ1n) is 5.23. The summed E-state index contributed by atoms with van der Waals surface area (Å²) in [6.45, 7) is 1.89. The quantitative estimate of drug-likeness (QED) is 0.624. The van der Waals surface area contributed by atoms with Gasteiger partial charge in [-0.15, -0.1) is 0 Å². The van der Waals surface area contributed by atoms with Crippen LogP contribution in [-0.2, 0) is 19.6 Å². The van der Waals surface area contributed by atoms with Gasteiger partial charge in [0.05, 0.1) is 13.0 Å². The number of esters is 1. The molecule has 0 amide bonds. The van der Waals surface area contributed by atoms with Crippen molar-refractivity contribution in [2.45, 2.75) is 18.2 Å². The average molecular weight is 293 g/mol. The highest BCUT2D eigenvalue weighted by Gasteiger charge is 2.18. The molecule has 0 aliphatic heterocycles. The molecule has 0 aliphatic carbocycles. The van der Waals surface area contributed by atoms with E-state index in [0.29, 0.717) is 0 Å². The SMILES string of the molecule is CCOC(=O)CCNS(=O)(=O)c1cccnc1Cl. The van der Waals surface area contributed by atoms with Crippen LogP contribution in [0.25, 0.3) is 0 Å². The van der Waals surface area contributed by atoms with Crippen molar-refractivity contribution in [1.29, 1.82) is 0 Å². The van der Waals surface area contributed by atoms with Crippen molar-refractivity contribution in [1.82, 2.24) is 9.71 Å². The van der Waals surface area contributed by atoms with Gasteiger partial charge in [-0.1, -0.05) is 11.6 Å². The minimum Gasteiger partial charge on any atom is -0.466 e. The van der Waals surface area contributed by atoms with Crippen molar-refractivity contribution >= 4 is 27.6 Å². The van der Waals surface area contributed by atoms with Gasteiger partial charge in [0.15, 0.2) is 0 Å². The van der Waals surface area contributed by atoms with Gasteiger partial charge >= 0.3 is 5.97 Å². The molecule has 1 aromatic heterocycles. The number of nitrogens with one attached hydrogen (secondary N) is 1. The minimum absolute atomic E-state index is 0.0368. The van der Waals surface area contributed by atoms with E-state index >= 15 is 0 Å². The standard InChI is InChI=1S/C10H13ClN2O4S/c1-2-17-9(14)5-7-13-18(15,16)8-4-3-6-12-10(8)11/h3-4,6,13H,2,5,7H2,1H3. The first-order valence-corrected chi connectivity index (χ1v) is 7.09. The van der Waals surface area contributed by atoms with Crippen molar-refractivity contribution in [2.75, 3.05) is 13.2 Å². The van der Waals surface area contributed by atoms with Crippen LogP contribution in [0.4, 0.5) is 0 Å². The molecule has 0 atom stereocenters. The molecule has 0 radical (unpaired) electrons. The molecule has 1 N–H and O–H groups in total. The molecule has 0 spiro atoms. The molecule has 0 aromatic carbocycles. The number of aromatic nitrogens is 1. The normalized spacial score (nSPS) is 11.2. The highest BCUT2D eigenvalue weighted by molar-refractivity contribution is 7.89. The van der Waals surface area contributed by atoms with Gasteiger partial charge in [-0.25, -0.2) is 18.1 Å². The Bertz CT molecular complexity index is 518. The zero-order valence-corrected chi connectivity index (χ0v) is 11.3. The van der Waals surface area contributed by atoms with Crippen molar-refractivity contribution in [3.8, 4) is 0 Å². The van der Waals surface area contributed by atoms with Gasteiger partial charge < -0.3 is 4.74 Å². The lowest BCUT2D eigenvalue weighted by Gasteiger charge is -2.07. The predicted octanol–water partition coefficient (Wildman–Crippen LogP) is 0.966. The number of hydrogen-bond acceptors (Lipinski definition) is 5. The third-order valence-electron chi connectivity index (χ3n) is 1.94. The molecule has 0 saturated heterocycles. The first kappa shape index (κ1) is 14.9. The molecule has 0 saturated carbocycles. The molecule has 6 nitrogen and oxygen atoms in total. The smallest absolute Gasteiger partial charge is 0.307 e. The lowest BCUT2D eigenvalue weighted by atomic mass is 10.4. The van der Waals surface area contributed by atoms with Gasteiger partial charge in [0.1, 0.15) is 10.0 Å². The number of halogens is 1. The molecule has 8 heteroatoms. The fourth-order valence-corrected chi connectivity index (χ4v) is 2.65. The molecule has 0 bridgehead atoms. The number of carbonyl (C=O) groups excluding carboxylic acids is 1. The molecule has 1 rings (SSSR count). The molecule has 1 heterocycles. The zero-order chi connectivity index (χ0) is 13.6. The third-order valence-corrected chi connectivity index (χ3v) is 3.85. The average Bonchev–Trinajstić information content (AvgIpc) is 2.29. The van der Waals surface area contributed by atoms with E-state index in [9.17, 15) is 13.2 Å². The van der Waals surface area contributed by atoms with Crippen LogP contribution in [0.15, 0.2) is 23.2 Å². The lowest BCUT2D eigenvalue weighted by molar-refractivity contribution is -0.142. The van der Waals surface area contributed by atoms with Crippen LogP contribution in [0.1, 0.15) is 13.3 Å². The van der Waals surface area contributed by atoms with Crippen molar-refractivity contribution < 1.29 is 17.9 Å². The molecule has 100 valence electrons. The number of nitrogens with zero attached hydrogens (tertiary/aromatic N) is 1. The van der Waals surface area contributed by atoms with E-state index in [1.165, 1.54) is 18.3 Å². The molecule has 0 fully saturated rings. The Kier molecular flexibility index (Phi) is 5.52. The van der Waals surface area contributed by atoms with Crippen LogP contribution in [0.3, 0.4) is 0 Å². The fourth-order valence-electron chi connectivity index (χ4n) is 1.17. The summed E-state index contributed by atoms with van der Waals surface area (Å²) in [6.07, 6.45) is 1.35. The summed E-state index contributed by atoms with van der Waals surface area (Å²) in [7, 11) is -3.75. The van der Waals surface area contributed by atoms with Crippen LogP contribution in [-0.4, -0.2) is 32.5 Å². The van der Waals surface area contributed by atoms with E-state index in [1.807, 2.05) is 0 Å². The van der Waals surface area contributed by atoms with Crippen LogP contribution in [0.2, 0.25) is 5.15 Å². The van der Waals surface area contributed by atoms with E-state index in [1.54, 1.807) is 6.92 Å². The Morgan fingerprint density at radius 3 is 2.89 bits per heavy atom. The maximum atomic E-state index is 11.8. The highest BCUT2D eigenvalue weighted by atomic mass is 35.5. The molecule has 0 unspecified atom stereocenters. The predicted molar refractivity (Wildman–Crippen MR) is 65.7 cm³/mol. The Morgan fingerprint density at radius 1 is 1.56 bits per heavy atom. The van der Waals surface area contributed by atoms with Gasteiger partial charge in [0, 0.05) is 12.7 Å². The van der Waals surface area contributed by atoms with E-state index in [4.69, 9.17) is 11.6 Å². The largest absolute Gasteiger partial charge is 0.466 e. The van der Waals surface area contributed by atoms with Crippen molar-refractivity contribution in [3.63, 3.8) is 0 Å². The number of pyridine rings is 1. The van der Waals surface area contributed by atoms with Crippen LogP contribution in [0, 0.1) is 0 Å². The summed E-state index contributed by atoms with van der Waals surface area (Å²) in [6, 6.07) is 2.80. The van der Waals surface area contributed by atoms with Crippen molar-refractivity contribution in [3.05, 3.63) is 23.5 Å². The first-order chi connectivity index (χ1) is 8.47. The molecular formula is C10H13ClN2O4S. The van der Waals surface area contributed by atoms with E-state index in [0.717, 1.165) is 0 Å². The highest BCUT2D eigenvalue weighted by Crippen LogP contribution is 2.17. The number of ether oxygens (including phenoxy) is 1. The zero-order valence-electron chi connectivity index (χ0n) is 9.72. The number of carbonyl (C=O) groups is 1. The summed E-state index contributed by atoms with van der Waals surface area (Å²) in [4.78, 5) is 14.6. The molecule has 18 heavy (non-hydrogen) atoms. The van der Waals surface area contributed by atoms with Crippen molar-refractivity contribution in [2.24, 2.45) is 0 Å². The van der Waals surface area contributed by atoms with Crippen LogP contribution >= 0.6 is 11.6 Å². The maximum Gasteiger partial charge on any atom is 0.307 e. The summed E-state index contributed by atoms with van der Waals surface area (Å²) in [5.41, 5.74) is 0. The van der Waals surface area contributed by atoms with Gasteiger partial charge in [0.25, 0.3) is 0 Å². The summed E-state index contributed by atoms with van der Waals surface area (Å²) >= 11 is 5.68. The summed E-state index contributed by atoms with van der Waals surface area (Å²) in [5, 5.41) is -0.110. The molecule has 0 aliphatic rings. The van der Waals surface area contributed by atoms with E-state index < -0.39 is 16.0 Å². The summed E-state index contributed by atoms with van der Waals surface area (Å²) < 4.78 is 30.5. The Hall–Kier alpha value is -1.18. The number of sulfonamides is 1. The van der Waals surface area contributed by atoms with Gasteiger partial charge in [-0.2, -0.15) is 0 Å². The molecular weight excluding hydrogens is 280 g/mol. The second kappa shape index (κ2) is 6.67. The number of hydrogen-bond donors (Lipinski definition) is 1. The fraction of sp³-hybridized carbons (Fsp3) is 0.400. The molecule has 1 aromatic rings. The second-order valence-electron chi connectivity index (χ2n) is 3.25. The Balaban J connectivity index is 2.61. The van der Waals surface area contributed by atoms with Gasteiger partial charge in [-0.05, 0) is 19.1 Å². The van der Waals surface area contributed by atoms with Gasteiger partial charge in [0.2, 0.25) is 10.0 Å². The van der Waals surface area contributed by atoms with Crippen LogP contribution < -0.4 is 4.72 Å². The Morgan fingerprint density at radius 2 is 2.28 bits per heavy atom. The lowest BCUT2D eigenvalue weighted by Crippen LogP contribution is -2.27. The van der Waals surface area contributed by atoms with Gasteiger partial charge in [-0.3, -0.25) is 4.79 Å². The third kappa shape index (κ3) is 4.25. The van der Waals surface area contributed by atoms with E-state index in [-0.39, 0.29) is 29.6 Å².